The van der Waals surface area contributed by atoms with Crippen LogP contribution in [0.15, 0.2) is 0 Å². The Morgan fingerprint density at radius 3 is 2.43 bits per heavy atom. The molecular weight excluding hydrogens is 272 g/mol. The zero-order valence-corrected chi connectivity index (χ0v) is 12.9. The first kappa shape index (κ1) is 16.2. The van der Waals surface area contributed by atoms with Gasteiger partial charge in [0.25, 0.3) is 0 Å². The average Bonchev–Trinajstić information content (AvgIpc) is 2.44. The van der Waals surface area contributed by atoms with E-state index in [2.05, 4.69) is 10.6 Å². The first-order chi connectivity index (χ1) is 10.0. The molecule has 0 radical (unpaired) electrons. The molecule has 1 saturated carbocycles. The fourth-order valence-electron chi connectivity index (χ4n) is 2.82. The van der Waals surface area contributed by atoms with Crippen LogP contribution in [0.25, 0.3) is 0 Å². The number of amides is 1. The summed E-state index contributed by atoms with van der Waals surface area (Å²) in [6.45, 7) is 5.95. The van der Waals surface area contributed by atoms with Crippen molar-refractivity contribution in [3.05, 3.63) is 0 Å². The largest absolute Gasteiger partial charge is 0.466 e. The van der Waals surface area contributed by atoms with Crippen LogP contribution in [0, 0.1) is 5.92 Å². The van der Waals surface area contributed by atoms with Crippen molar-refractivity contribution in [2.24, 2.45) is 5.92 Å². The second-order valence-electron chi connectivity index (χ2n) is 6.21. The highest BCUT2D eigenvalue weighted by Crippen LogP contribution is 2.25. The van der Waals surface area contributed by atoms with E-state index in [0.29, 0.717) is 6.61 Å². The molecule has 6 nitrogen and oxygen atoms in total. The molecular formula is C15H26N2O4. The summed E-state index contributed by atoms with van der Waals surface area (Å²) in [5.41, 5.74) is -0.196. The minimum atomic E-state index is -0.196. The fourth-order valence-corrected chi connectivity index (χ4v) is 2.82. The summed E-state index contributed by atoms with van der Waals surface area (Å²) >= 11 is 0. The Morgan fingerprint density at radius 2 is 1.90 bits per heavy atom. The van der Waals surface area contributed by atoms with E-state index < -0.39 is 0 Å². The third-order valence-electron chi connectivity index (χ3n) is 4.26. The van der Waals surface area contributed by atoms with E-state index in [-0.39, 0.29) is 36.0 Å². The standard InChI is InChI=1S/C15H26N2O4/c1-3-20-14(19)11-4-6-12(7-5-11)17-13(18)8-21-15(2)9-16-10-15/h11-12,16H,3-10H2,1-2H3,(H,17,18). The Bertz CT molecular complexity index is 374. The molecule has 21 heavy (non-hydrogen) atoms. The molecule has 0 bridgehead atoms. The predicted octanol–water partition coefficient (Wildman–Crippen LogP) is 0.603. The summed E-state index contributed by atoms with van der Waals surface area (Å²) in [6, 6.07) is 0.152. The lowest BCUT2D eigenvalue weighted by atomic mass is 9.86. The molecule has 2 aliphatic rings. The minimum Gasteiger partial charge on any atom is -0.466 e. The van der Waals surface area contributed by atoms with Gasteiger partial charge in [-0.1, -0.05) is 0 Å². The third-order valence-corrected chi connectivity index (χ3v) is 4.26. The van der Waals surface area contributed by atoms with Gasteiger partial charge in [0.1, 0.15) is 6.61 Å². The van der Waals surface area contributed by atoms with E-state index in [1.54, 1.807) is 0 Å². The summed E-state index contributed by atoms with van der Waals surface area (Å²) < 4.78 is 10.7. The van der Waals surface area contributed by atoms with Crippen LogP contribution in [-0.4, -0.2) is 49.8 Å². The Kier molecular flexibility index (Phi) is 5.58. The van der Waals surface area contributed by atoms with Crippen molar-refractivity contribution in [3.8, 4) is 0 Å². The van der Waals surface area contributed by atoms with Gasteiger partial charge < -0.3 is 20.1 Å². The highest BCUT2D eigenvalue weighted by molar-refractivity contribution is 5.77. The summed E-state index contributed by atoms with van der Waals surface area (Å²) in [7, 11) is 0. The van der Waals surface area contributed by atoms with Gasteiger partial charge in [-0.05, 0) is 39.5 Å². The summed E-state index contributed by atoms with van der Waals surface area (Å²) in [5.74, 6) is -0.173. The summed E-state index contributed by atoms with van der Waals surface area (Å²) in [5, 5.41) is 6.13. The molecule has 0 aromatic carbocycles. The quantitative estimate of drug-likeness (QED) is 0.702. The molecule has 0 unspecified atom stereocenters. The fraction of sp³-hybridized carbons (Fsp3) is 0.867. The molecule has 1 saturated heterocycles. The van der Waals surface area contributed by atoms with Gasteiger partial charge in [0, 0.05) is 19.1 Å². The topological polar surface area (TPSA) is 76.7 Å². The lowest BCUT2D eigenvalue weighted by molar-refractivity contribution is -0.149. The van der Waals surface area contributed by atoms with Crippen LogP contribution in [0.4, 0.5) is 0 Å². The smallest absolute Gasteiger partial charge is 0.308 e. The molecule has 0 aromatic heterocycles. The van der Waals surface area contributed by atoms with Gasteiger partial charge in [0.15, 0.2) is 0 Å². The predicted molar refractivity (Wildman–Crippen MR) is 77.7 cm³/mol. The highest BCUT2D eigenvalue weighted by atomic mass is 16.5. The van der Waals surface area contributed by atoms with Gasteiger partial charge in [-0.25, -0.2) is 0 Å². The van der Waals surface area contributed by atoms with Crippen LogP contribution in [0.2, 0.25) is 0 Å². The van der Waals surface area contributed by atoms with E-state index in [0.717, 1.165) is 38.8 Å². The van der Waals surface area contributed by atoms with Gasteiger partial charge in [-0.15, -0.1) is 0 Å². The number of hydrogen-bond donors (Lipinski definition) is 2. The Morgan fingerprint density at radius 1 is 1.24 bits per heavy atom. The molecule has 1 aliphatic carbocycles. The van der Waals surface area contributed by atoms with Crippen LogP contribution >= 0.6 is 0 Å². The molecule has 1 aliphatic heterocycles. The van der Waals surface area contributed by atoms with Crippen LogP contribution in [0.5, 0.6) is 0 Å². The molecule has 0 aromatic rings. The van der Waals surface area contributed by atoms with Gasteiger partial charge in [0.05, 0.1) is 18.1 Å². The Hall–Kier alpha value is -1.14. The molecule has 6 heteroatoms. The first-order valence-electron chi connectivity index (χ1n) is 7.83. The zero-order valence-electron chi connectivity index (χ0n) is 12.9. The van der Waals surface area contributed by atoms with Crippen LogP contribution < -0.4 is 10.6 Å². The molecule has 0 atom stereocenters. The number of ether oxygens (including phenoxy) is 2. The molecule has 1 heterocycles. The van der Waals surface area contributed by atoms with Crippen molar-refractivity contribution >= 4 is 11.9 Å². The second-order valence-corrected chi connectivity index (χ2v) is 6.21. The number of nitrogens with one attached hydrogen (secondary N) is 2. The maximum atomic E-state index is 11.9. The van der Waals surface area contributed by atoms with Crippen LogP contribution in [0.1, 0.15) is 39.5 Å². The van der Waals surface area contributed by atoms with Crippen molar-refractivity contribution in [2.75, 3.05) is 26.3 Å². The van der Waals surface area contributed by atoms with Crippen LogP contribution in [-0.2, 0) is 19.1 Å². The van der Waals surface area contributed by atoms with E-state index in [4.69, 9.17) is 9.47 Å². The number of carbonyl (C=O) groups is 2. The van der Waals surface area contributed by atoms with Crippen molar-refractivity contribution in [3.63, 3.8) is 0 Å². The zero-order chi connectivity index (χ0) is 15.3. The maximum absolute atomic E-state index is 11.9. The summed E-state index contributed by atoms with van der Waals surface area (Å²) in [6.07, 6.45) is 3.22. The average molecular weight is 298 g/mol. The monoisotopic (exact) mass is 298 g/mol. The molecule has 1 amide bonds. The molecule has 2 N–H and O–H groups in total. The number of rotatable bonds is 6. The van der Waals surface area contributed by atoms with Gasteiger partial charge in [-0.2, -0.15) is 0 Å². The second kappa shape index (κ2) is 7.22. The Balaban J connectivity index is 1.63. The number of esters is 1. The van der Waals surface area contributed by atoms with E-state index in [1.807, 2.05) is 13.8 Å². The SMILES string of the molecule is CCOC(=O)C1CCC(NC(=O)COC2(C)CNC2)CC1. The van der Waals surface area contributed by atoms with E-state index >= 15 is 0 Å². The van der Waals surface area contributed by atoms with Crippen LogP contribution in [0.3, 0.4) is 0 Å². The van der Waals surface area contributed by atoms with E-state index in [9.17, 15) is 9.59 Å². The van der Waals surface area contributed by atoms with Crippen molar-refractivity contribution < 1.29 is 19.1 Å². The van der Waals surface area contributed by atoms with Gasteiger partial charge >= 0.3 is 5.97 Å². The van der Waals surface area contributed by atoms with Crippen molar-refractivity contribution in [1.29, 1.82) is 0 Å². The normalized spacial score (nSPS) is 27.5. The number of carbonyl (C=O) groups excluding carboxylic acids is 2. The maximum Gasteiger partial charge on any atom is 0.308 e. The molecule has 2 fully saturated rings. The molecule has 0 spiro atoms. The lowest BCUT2D eigenvalue weighted by Crippen LogP contribution is -2.59. The third kappa shape index (κ3) is 4.68. The Labute approximate surface area is 125 Å². The summed E-state index contributed by atoms with van der Waals surface area (Å²) in [4.78, 5) is 23.5. The van der Waals surface area contributed by atoms with Crippen molar-refractivity contribution in [2.45, 2.75) is 51.2 Å². The molecule has 2 rings (SSSR count). The minimum absolute atomic E-state index is 0.00526. The first-order valence-corrected chi connectivity index (χ1v) is 7.83. The van der Waals surface area contributed by atoms with Gasteiger partial charge in [-0.3, -0.25) is 9.59 Å². The van der Waals surface area contributed by atoms with E-state index in [1.165, 1.54) is 0 Å². The molecule has 120 valence electrons. The highest BCUT2D eigenvalue weighted by Gasteiger charge is 2.33. The van der Waals surface area contributed by atoms with Crippen molar-refractivity contribution in [1.82, 2.24) is 10.6 Å². The lowest BCUT2D eigenvalue weighted by Gasteiger charge is -2.39. The number of hydrogen-bond acceptors (Lipinski definition) is 5. The van der Waals surface area contributed by atoms with Gasteiger partial charge in [0.2, 0.25) is 5.91 Å².